The molecule has 0 spiro atoms. The number of rotatable bonds is 12. The number of alkyl halides is 3. The van der Waals surface area contributed by atoms with Crippen LogP contribution in [0.3, 0.4) is 0 Å². The van der Waals surface area contributed by atoms with E-state index in [9.17, 15) is 0 Å². The van der Waals surface area contributed by atoms with Crippen LogP contribution in [0.4, 0.5) is 13.2 Å². The molecule has 364 valence electrons. The van der Waals surface area contributed by atoms with Crippen LogP contribution in [0.15, 0.2) is 176 Å². The van der Waals surface area contributed by atoms with E-state index >= 15 is 13.2 Å². The minimum atomic E-state index is -4.65. The van der Waals surface area contributed by atoms with Crippen LogP contribution >= 0.6 is 0 Å². The molecule has 1 fully saturated rings. The number of hydrogen-bond donors (Lipinski definition) is 0. The fourth-order valence-corrected chi connectivity index (χ4v) is 11.8. The van der Waals surface area contributed by atoms with Gasteiger partial charge in [0, 0.05) is 18.3 Å². The van der Waals surface area contributed by atoms with E-state index in [0.29, 0.717) is 0 Å². The van der Waals surface area contributed by atoms with Gasteiger partial charge in [-0.05, 0) is 100 Å². The molecular formula is C66H75F3N+. The quantitative estimate of drug-likeness (QED) is 0.107. The van der Waals surface area contributed by atoms with Gasteiger partial charge in [0.05, 0.1) is 27.2 Å². The van der Waals surface area contributed by atoms with Crippen molar-refractivity contribution in [3.8, 4) is 44.5 Å². The Morgan fingerprint density at radius 1 is 0.414 bits per heavy atom. The standard InChI is InChI=1S/C66H75F3N/c1-13-61(5,6)55-35-27-51(28-36-55)47-19-25-50(26-20-47)54-33-41-59(42-34-54)65(66(67,68)69,58-17-15-14-16-18-58)63(9,10)62(7,8)56-37-29-52(30-38-56)48-21-23-49(24-22-48)53-31-39-57(40-32-53)64(60(2,3)4)43-45-70(11,12)46-44-64/h14-42H,13,43-46H2,1-12H3/q+1. The molecule has 1 atom stereocenters. The van der Waals surface area contributed by atoms with Gasteiger partial charge in [0.1, 0.15) is 5.41 Å². The van der Waals surface area contributed by atoms with Crippen LogP contribution in [-0.4, -0.2) is 37.8 Å². The Bertz CT molecular complexity index is 2850. The number of piperidine rings is 1. The van der Waals surface area contributed by atoms with Gasteiger partial charge >= 0.3 is 6.18 Å². The molecule has 70 heavy (non-hydrogen) atoms. The molecule has 0 saturated carbocycles. The number of quaternary nitrogens is 1. The van der Waals surface area contributed by atoms with Gasteiger partial charge in [-0.25, -0.2) is 0 Å². The first-order chi connectivity index (χ1) is 32.9. The number of halogens is 3. The predicted molar refractivity (Wildman–Crippen MR) is 290 cm³/mol. The van der Waals surface area contributed by atoms with Gasteiger partial charge in [-0.1, -0.05) is 245 Å². The van der Waals surface area contributed by atoms with Gasteiger partial charge in [-0.3, -0.25) is 0 Å². The van der Waals surface area contributed by atoms with Gasteiger partial charge in [0.15, 0.2) is 0 Å². The fourth-order valence-electron chi connectivity index (χ4n) is 11.8. The molecule has 0 N–H and O–H groups in total. The molecule has 7 aromatic carbocycles. The van der Waals surface area contributed by atoms with E-state index in [4.69, 9.17) is 0 Å². The molecule has 8 rings (SSSR count). The van der Waals surface area contributed by atoms with E-state index < -0.39 is 22.4 Å². The number of hydrogen-bond acceptors (Lipinski definition) is 0. The van der Waals surface area contributed by atoms with Gasteiger partial charge in [0.2, 0.25) is 0 Å². The second-order valence-electron chi connectivity index (χ2n) is 23.8. The minimum Gasteiger partial charge on any atom is -0.328 e. The summed E-state index contributed by atoms with van der Waals surface area (Å²) >= 11 is 0. The third kappa shape index (κ3) is 8.99. The molecule has 0 aliphatic carbocycles. The summed E-state index contributed by atoms with van der Waals surface area (Å²) in [6.45, 7) is 23.8. The summed E-state index contributed by atoms with van der Waals surface area (Å²) in [6.07, 6.45) is -1.23. The van der Waals surface area contributed by atoms with Crippen LogP contribution in [0.2, 0.25) is 0 Å². The lowest BCUT2D eigenvalue weighted by molar-refractivity contribution is -0.897. The van der Waals surface area contributed by atoms with Gasteiger partial charge < -0.3 is 4.48 Å². The SMILES string of the molecule is CCC(C)(C)c1ccc(-c2ccc(-c3ccc(C(c4ccccc4)(C(F)(F)F)C(C)(C)C(C)(C)c4ccc(-c5ccc(-c6ccc(C7(C(C)(C)C)CC[N+](C)(C)CC7)cc6)cc5)cc4)cc3)cc2)cc1. The van der Waals surface area contributed by atoms with E-state index in [1.807, 2.05) is 38.1 Å². The van der Waals surface area contributed by atoms with E-state index in [-0.39, 0.29) is 27.4 Å². The lowest BCUT2D eigenvalue weighted by Crippen LogP contribution is -2.60. The largest absolute Gasteiger partial charge is 0.402 e. The van der Waals surface area contributed by atoms with E-state index in [0.717, 1.165) is 55.4 Å². The molecule has 4 heteroatoms. The van der Waals surface area contributed by atoms with Crippen molar-refractivity contribution in [2.75, 3.05) is 27.2 Å². The van der Waals surface area contributed by atoms with Crippen molar-refractivity contribution in [2.45, 2.75) is 116 Å². The average molecular weight is 939 g/mol. The molecule has 0 amide bonds. The van der Waals surface area contributed by atoms with Crippen LogP contribution in [0.25, 0.3) is 44.5 Å². The summed E-state index contributed by atoms with van der Waals surface area (Å²) in [4.78, 5) is 0. The zero-order valence-electron chi connectivity index (χ0n) is 43.9. The topological polar surface area (TPSA) is 0 Å². The molecule has 0 radical (unpaired) electrons. The first kappa shape index (κ1) is 50.7. The summed E-state index contributed by atoms with van der Waals surface area (Å²) in [5.41, 5.74) is 8.23. The van der Waals surface area contributed by atoms with Crippen molar-refractivity contribution >= 4 is 0 Å². The average Bonchev–Trinajstić information content (AvgIpc) is 3.34. The van der Waals surface area contributed by atoms with Crippen LogP contribution < -0.4 is 0 Å². The van der Waals surface area contributed by atoms with Crippen molar-refractivity contribution in [1.82, 2.24) is 0 Å². The molecular weight excluding hydrogens is 864 g/mol. The highest BCUT2D eigenvalue weighted by Gasteiger charge is 2.68. The van der Waals surface area contributed by atoms with Crippen molar-refractivity contribution in [3.63, 3.8) is 0 Å². The van der Waals surface area contributed by atoms with Crippen LogP contribution in [0, 0.1) is 10.8 Å². The number of nitrogens with zero attached hydrogens (tertiary/aromatic N) is 1. The third-order valence-electron chi connectivity index (χ3n) is 17.9. The summed E-state index contributed by atoms with van der Waals surface area (Å²) in [7, 11) is 4.69. The second kappa shape index (κ2) is 18.5. The highest BCUT2D eigenvalue weighted by Crippen LogP contribution is 2.63. The number of benzene rings is 7. The highest BCUT2D eigenvalue weighted by atomic mass is 19.4. The molecule has 7 aromatic rings. The van der Waals surface area contributed by atoms with E-state index in [1.54, 1.807) is 56.3 Å². The molecule has 0 aromatic heterocycles. The second-order valence-corrected chi connectivity index (χ2v) is 23.8. The van der Waals surface area contributed by atoms with Crippen LogP contribution in [-0.2, 0) is 21.7 Å². The maximum atomic E-state index is 16.7. The minimum absolute atomic E-state index is 0.113. The Morgan fingerprint density at radius 3 is 1.07 bits per heavy atom. The predicted octanol–water partition coefficient (Wildman–Crippen LogP) is 18.0. The molecule has 1 aliphatic rings. The third-order valence-corrected chi connectivity index (χ3v) is 17.9. The van der Waals surface area contributed by atoms with Gasteiger partial charge in [0.25, 0.3) is 0 Å². The van der Waals surface area contributed by atoms with Gasteiger partial charge in [-0.15, -0.1) is 0 Å². The zero-order valence-corrected chi connectivity index (χ0v) is 43.9. The van der Waals surface area contributed by atoms with Crippen molar-refractivity contribution in [2.24, 2.45) is 10.8 Å². The fraction of sp³-hybridized carbons (Fsp3) is 0.364. The molecule has 1 nitrogen and oxygen atoms in total. The van der Waals surface area contributed by atoms with Crippen molar-refractivity contribution in [3.05, 3.63) is 204 Å². The Labute approximate surface area is 418 Å². The van der Waals surface area contributed by atoms with Crippen molar-refractivity contribution in [1.29, 1.82) is 0 Å². The molecule has 1 aliphatic heterocycles. The molecule has 1 unspecified atom stereocenters. The Hall–Kier alpha value is -5.71. The summed E-state index contributed by atoms with van der Waals surface area (Å²) < 4.78 is 51.1. The van der Waals surface area contributed by atoms with Crippen LogP contribution in [0.1, 0.15) is 116 Å². The normalized spacial score (nSPS) is 16.4. The maximum Gasteiger partial charge on any atom is 0.402 e. The van der Waals surface area contributed by atoms with Gasteiger partial charge in [-0.2, -0.15) is 13.2 Å². The molecule has 1 heterocycles. The molecule has 1 saturated heterocycles. The zero-order chi connectivity index (χ0) is 50.5. The summed E-state index contributed by atoms with van der Waals surface area (Å²) in [5, 5.41) is 0. The van der Waals surface area contributed by atoms with Crippen molar-refractivity contribution < 1.29 is 17.7 Å². The lowest BCUT2D eigenvalue weighted by Gasteiger charge is -2.56. The smallest absolute Gasteiger partial charge is 0.328 e. The Kier molecular flexibility index (Phi) is 13.4. The van der Waals surface area contributed by atoms with E-state index in [1.165, 1.54) is 42.6 Å². The first-order valence-corrected chi connectivity index (χ1v) is 25.5. The first-order valence-electron chi connectivity index (χ1n) is 25.5. The van der Waals surface area contributed by atoms with E-state index in [2.05, 4.69) is 165 Å². The lowest BCUT2D eigenvalue weighted by atomic mass is 9.47. The highest BCUT2D eigenvalue weighted by molar-refractivity contribution is 5.73. The molecule has 0 bridgehead atoms. The Balaban J connectivity index is 1.06. The number of likely N-dealkylation sites (tertiary alicyclic amines) is 1. The Morgan fingerprint density at radius 2 is 0.729 bits per heavy atom. The summed E-state index contributed by atoms with van der Waals surface area (Å²) in [5.74, 6) is 0. The summed E-state index contributed by atoms with van der Waals surface area (Å²) in [6, 6.07) is 58.8. The monoisotopic (exact) mass is 939 g/mol. The van der Waals surface area contributed by atoms with Crippen LogP contribution in [0.5, 0.6) is 0 Å². The maximum absolute atomic E-state index is 16.7.